The highest BCUT2D eigenvalue weighted by Gasteiger charge is 2.17. The van der Waals surface area contributed by atoms with Crippen molar-refractivity contribution in [2.75, 3.05) is 4.72 Å². The Morgan fingerprint density at radius 3 is 2.67 bits per heavy atom. The summed E-state index contributed by atoms with van der Waals surface area (Å²) in [5.41, 5.74) is 0.810. The lowest BCUT2D eigenvalue weighted by molar-refractivity contribution is 0.600. The number of hydrogen-bond acceptors (Lipinski definition) is 3. The van der Waals surface area contributed by atoms with Crippen molar-refractivity contribution in [3.05, 3.63) is 58.5 Å². The fourth-order valence-electron chi connectivity index (χ4n) is 1.53. The van der Waals surface area contributed by atoms with E-state index in [9.17, 15) is 13.2 Å². The average molecular weight is 264 g/mol. The van der Waals surface area contributed by atoms with Crippen molar-refractivity contribution in [2.24, 2.45) is 0 Å². The summed E-state index contributed by atoms with van der Waals surface area (Å²) in [4.78, 5) is 13.8. The Kier molecular flexibility index (Phi) is 3.20. The van der Waals surface area contributed by atoms with E-state index in [1.165, 1.54) is 18.5 Å². The number of sulfonamides is 1. The molecular weight excluding hydrogens is 252 g/mol. The van der Waals surface area contributed by atoms with Gasteiger partial charge in [-0.05, 0) is 24.6 Å². The van der Waals surface area contributed by atoms with Crippen molar-refractivity contribution in [3.8, 4) is 0 Å². The maximum absolute atomic E-state index is 12.0. The summed E-state index contributed by atoms with van der Waals surface area (Å²) in [5.74, 6) is 0. The van der Waals surface area contributed by atoms with Crippen LogP contribution in [0.1, 0.15) is 5.56 Å². The van der Waals surface area contributed by atoms with Crippen molar-refractivity contribution in [2.45, 2.75) is 11.8 Å². The van der Waals surface area contributed by atoms with Crippen LogP contribution in [0.15, 0.2) is 52.4 Å². The smallest absolute Gasteiger partial charge is 0.267 e. The monoisotopic (exact) mass is 264 g/mol. The molecule has 0 unspecified atom stereocenters. The molecule has 6 heteroatoms. The van der Waals surface area contributed by atoms with Gasteiger partial charge in [-0.15, -0.1) is 0 Å². The molecule has 18 heavy (non-hydrogen) atoms. The molecule has 2 N–H and O–H groups in total. The first-order chi connectivity index (χ1) is 8.49. The van der Waals surface area contributed by atoms with Gasteiger partial charge in [-0.2, -0.15) is 0 Å². The molecule has 0 radical (unpaired) electrons. The van der Waals surface area contributed by atoms with Crippen molar-refractivity contribution in [1.29, 1.82) is 0 Å². The molecule has 1 heterocycles. The summed E-state index contributed by atoms with van der Waals surface area (Å²) in [5, 5.41) is 0. The van der Waals surface area contributed by atoms with Gasteiger partial charge < -0.3 is 4.98 Å². The molecule has 94 valence electrons. The molecular formula is C12H12N2O3S. The van der Waals surface area contributed by atoms with Gasteiger partial charge in [0, 0.05) is 24.1 Å². The summed E-state index contributed by atoms with van der Waals surface area (Å²) in [6, 6.07) is 8.08. The molecule has 0 saturated heterocycles. The highest BCUT2D eigenvalue weighted by molar-refractivity contribution is 7.92. The largest absolute Gasteiger partial charge is 0.366 e. The van der Waals surface area contributed by atoms with E-state index in [-0.39, 0.29) is 4.90 Å². The predicted octanol–water partition coefficient (Wildman–Crippen LogP) is 1.48. The van der Waals surface area contributed by atoms with Gasteiger partial charge in [-0.25, -0.2) is 8.42 Å². The second-order valence-electron chi connectivity index (χ2n) is 3.85. The molecule has 0 fully saturated rings. The molecule has 0 atom stereocenters. The van der Waals surface area contributed by atoms with Crippen LogP contribution in [0.4, 0.5) is 5.69 Å². The van der Waals surface area contributed by atoms with Gasteiger partial charge in [0.25, 0.3) is 10.0 Å². The molecule has 0 aliphatic rings. The van der Waals surface area contributed by atoms with Crippen LogP contribution in [0, 0.1) is 6.92 Å². The van der Waals surface area contributed by atoms with E-state index in [1.807, 2.05) is 13.0 Å². The van der Waals surface area contributed by atoms with E-state index in [2.05, 4.69) is 9.71 Å². The van der Waals surface area contributed by atoms with Crippen LogP contribution < -0.4 is 10.2 Å². The lowest BCUT2D eigenvalue weighted by Crippen LogP contribution is -2.20. The van der Waals surface area contributed by atoms with E-state index in [4.69, 9.17) is 0 Å². The Bertz CT molecular complexity index is 720. The number of anilines is 1. The molecule has 1 aromatic carbocycles. The topological polar surface area (TPSA) is 79.0 Å². The zero-order chi connectivity index (χ0) is 13.2. The minimum absolute atomic E-state index is 0.300. The number of aromatic amines is 1. The number of aryl methyl sites for hydroxylation is 1. The van der Waals surface area contributed by atoms with E-state index in [0.29, 0.717) is 5.69 Å². The minimum Gasteiger partial charge on any atom is -0.366 e. The van der Waals surface area contributed by atoms with Gasteiger partial charge >= 0.3 is 0 Å². The molecule has 5 nitrogen and oxygen atoms in total. The van der Waals surface area contributed by atoms with Gasteiger partial charge in [0.15, 0.2) is 4.90 Å². The van der Waals surface area contributed by atoms with Crippen LogP contribution in [-0.2, 0) is 10.0 Å². The molecule has 2 rings (SSSR count). The van der Waals surface area contributed by atoms with Crippen LogP contribution >= 0.6 is 0 Å². The quantitative estimate of drug-likeness (QED) is 0.881. The lowest BCUT2D eigenvalue weighted by Gasteiger charge is -2.07. The minimum atomic E-state index is -3.85. The van der Waals surface area contributed by atoms with Gasteiger partial charge in [0.2, 0.25) is 5.43 Å². The third kappa shape index (κ3) is 2.60. The second kappa shape index (κ2) is 4.66. The zero-order valence-electron chi connectivity index (χ0n) is 9.67. The number of nitrogens with one attached hydrogen (secondary N) is 2. The maximum atomic E-state index is 12.0. The third-order valence-corrected chi connectivity index (χ3v) is 3.75. The number of aromatic nitrogens is 1. The predicted molar refractivity (Wildman–Crippen MR) is 69.1 cm³/mol. The van der Waals surface area contributed by atoms with Crippen LogP contribution in [0.3, 0.4) is 0 Å². The third-order valence-electron chi connectivity index (χ3n) is 2.35. The first kappa shape index (κ1) is 12.4. The zero-order valence-corrected chi connectivity index (χ0v) is 10.5. The Morgan fingerprint density at radius 2 is 2.00 bits per heavy atom. The second-order valence-corrected chi connectivity index (χ2v) is 5.50. The van der Waals surface area contributed by atoms with E-state index < -0.39 is 15.5 Å². The first-order valence-electron chi connectivity index (χ1n) is 5.26. The van der Waals surface area contributed by atoms with Crippen LogP contribution in [0.5, 0.6) is 0 Å². The number of benzene rings is 1. The van der Waals surface area contributed by atoms with E-state index >= 15 is 0 Å². The standard InChI is InChI=1S/C12H12N2O3S/c1-9-3-2-4-10(7-9)14-18(16,17)12-8-13-6-5-11(12)15/h2-8,14H,1H3,(H,13,15). The fourth-order valence-corrected chi connectivity index (χ4v) is 2.63. The molecule has 1 aromatic heterocycles. The Hall–Kier alpha value is -2.08. The Labute approximate surface area is 105 Å². The molecule has 0 spiro atoms. The van der Waals surface area contributed by atoms with Crippen LogP contribution in [-0.4, -0.2) is 13.4 Å². The van der Waals surface area contributed by atoms with Crippen molar-refractivity contribution in [1.82, 2.24) is 4.98 Å². The summed E-state index contributed by atoms with van der Waals surface area (Å²) < 4.78 is 26.4. The maximum Gasteiger partial charge on any atom is 0.267 e. The highest BCUT2D eigenvalue weighted by Crippen LogP contribution is 2.14. The first-order valence-corrected chi connectivity index (χ1v) is 6.74. The van der Waals surface area contributed by atoms with Gasteiger partial charge in [-0.1, -0.05) is 12.1 Å². The summed E-state index contributed by atoms with van der Waals surface area (Å²) in [6.45, 7) is 1.85. The van der Waals surface area contributed by atoms with Gasteiger partial charge in [-0.3, -0.25) is 9.52 Å². The molecule has 0 bridgehead atoms. The average Bonchev–Trinajstić information content (AvgIpc) is 2.28. The van der Waals surface area contributed by atoms with Crippen LogP contribution in [0.2, 0.25) is 0 Å². The molecule has 0 aliphatic carbocycles. The fraction of sp³-hybridized carbons (Fsp3) is 0.0833. The molecule has 2 aromatic rings. The number of hydrogen-bond donors (Lipinski definition) is 2. The van der Waals surface area contributed by atoms with Gasteiger partial charge in [0.1, 0.15) is 0 Å². The van der Waals surface area contributed by atoms with E-state index in [0.717, 1.165) is 5.56 Å². The summed E-state index contributed by atoms with van der Waals surface area (Å²) in [7, 11) is -3.85. The Morgan fingerprint density at radius 1 is 1.22 bits per heavy atom. The van der Waals surface area contributed by atoms with Crippen molar-refractivity contribution < 1.29 is 8.42 Å². The lowest BCUT2D eigenvalue weighted by atomic mass is 10.2. The Balaban J connectivity index is 2.40. The molecule has 0 amide bonds. The number of pyridine rings is 1. The number of H-pyrrole nitrogens is 1. The normalized spacial score (nSPS) is 11.2. The molecule has 0 aliphatic heterocycles. The van der Waals surface area contributed by atoms with E-state index in [1.54, 1.807) is 18.2 Å². The van der Waals surface area contributed by atoms with Crippen molar-refractivity contribution >= 4 is 15.7 Å². The SMILES string of the molecule is Cc1cccc(NS(=O)(=O)c2c[nH]ccc2=O)c1. The summed E-state index contributed by atoms with van der Waals surface area (Å²) in [6.07, 6.45) is 2.55. The van der Waals surface area contributed by atoms with Crippen LogP contribution in [0.25, 0.3) is 0 Å². The van der Waals surface area contributed by atoms with Gasteiger partial charge in [0.05, 0.1) is 0 Å². The van der Waals surface area contributed by atoms with Crippen molar-refractivity contribution in [3.63, 3.8) is 0 Å². The number of rotatable bonds is 3. The highest BCUT2D eigenvalue weighted by atomic mass is 32.2. The molecule has 0 saturated carbocycles. The summed E-state index contributed by atoms with van der Waals surface area (Å²) >= 11 is 0.